The van der Waals surface area contributed by atoms with Gasteiger partial charge in [-0.2, -0.15) is 0 Å². The van der Waals surface area contributed by atoms with Crippen LogP contribution >= 0.6 is 0 Å². The first-order valence-electron chi connectivity index (χ1n) is 6.38. The molecule has 1 aliphatic rings. The summed E-state index contributed by atoms with van der Waals surface area (Å²) in [5.74, 6) is 0.100. The maximum absolute atomic E-state index is 11.6. The Morgan fingerprint density at radius 2 is 2.00 bits per heavy atom. The lowest BCUT2D eigenvalue weighted by atomic mass is 10.0. The van der Waals surface area contributed by atoms with E-state index in [1.807, 2.05) is 7.05 Å². The summed E-state index contributed by atoms with van der Waals surface area (Å²) >= 11 is 0. The van der Waals surface area contributed by atoms with Crippen LogP contribution in [0.2, 0.25) is 0 Å². The van der Waals surface area contributed by atoms with Crippen LogP contribution in [0.25, 0.3) is 0 Å². The van der Waals surface area contributed by atoms with Crippen molar-refractivity contribution in [2.75, 3.05) is 40.4 Å². The van der Waals surface area contributed by atoms with Gasteiger partial charge < -0.3 is 20.3 Å². The standard InChI is InChI=1S/C12H23N3O3/c1-13-6-3-11(16)14-10-4-7-15(8-5-10)12(17)9-18-2/h10,13H,3-9H2,1-2H3,(H,14,16). The molecule has 0 radical (unpaired) electrons. The van der Waals surface area contributed by atoms with Crippen LogP contribution in [0.1, 0.15) is 19.3 Å². The molecule has 1 saturated heterocycles. The van der Waals surface area contributed by atoms with Gasteiger partial charge in [0.1, 0.15) is 6.61 Å². The summed E-state index contributed by atoms with van der Waals surface area (Å²) in [6, 6.07) is 0.195. The Hall–Kier alpha value is -1.14. The molecule has 1 rings (SSSR count). The third kappa shape index (κ3) is 5.01. The van der Waals surface area contributed by atoms with Crippen LogP contribution in [0.4, 0.5) is 0 Å². The molecule has 0 aromatic rings. The topological polar surface area (TPSA) is 70.7 Å². The summed E-state index contributed by atoms with van der Waals surface area (Å²) < 4.78 is 4.82. The van der Waals surface area contributed by atoms with Crippen molar-refractivity contribution in [1.82, 2.24) is 15.5 Å². The van der Waals surface area contributed by atoms with Crippen LogP contribution in [0.3, 0.4) is 0 Å². The van der Waals surface area contributed by atoms with Gasteiger partial charge >= 0.3 is 0 Å². The number of likely N-dealkylation sites (tertiary alicyclic amines) is 1. The van der Waals surface area contributed by atoms with E-state index in [0.717, 1.165) is 12.8 Å². The molecule has 1 aliphatic heterocycles. The SMILES string of the molecule is CNCCC(=O)NC1CCN(C(=O)COC)CC1. The van der Waals surface area contributed by atoms with E-state index in [1.54, 1.807) is 4.90 Å². The summed E-state index contributed by atoms with van der Waals surface area (Å²) in [6.07, 6.45) is 2.14. The number of piperidine rings is 1. The van der Waals surface area contributed by atoms with Gasteiger partial charge in [0.2, 0.25) is 11.8 Å². The van der Waals surface area contributed by atoms with Crippen molar-refractivity contribution >= 4 is 11.8 Å². The van der Waals surface area contributed by atoms with Crippen LogP contribution in [0.15, 0.2) is 0 Å². The number of hydrogen-bond acceptors (Lipinski definition) is 4. The van der Waals surface area contributed by atoms with E-state index in [4.69, 9.17) is 4.74 Å². The number of nitrogens with one attached hydrogen (secondary N) is 2. The Morgan fingerprint density at radius 1 is 1.33 bits per heavy atom. The summed E-state index contributed by atoms with van der Waals surface area (Å²) in [5.41, 5.74) is 0. The molecule has 0 unspecified atom stereocenters. The second kappa shape index (κ2) is 8.05. The van der Waals surface area contributed by atoms with E-state index in [1.165, 1.54) is 7.11 Å². The fourth-order valence-corrected chi connectivity index (χ4v) is 2.03. The van der Waals surface area contributed by atoms with Crippen molar-refractivity contribution in [1.29, 1.82) is 0 Å². The van der Waals surface area contributed by atoms with E-state index in [9.17, 15) is 9.59 Å². The van der Waals surface area contributed by atoms with Gasteiger partial charge in [0.25, 0.3) is 0 Å². The molecular weight excluding hydrogens is 234 g/mol. The molecule has 0 saturated carbocycles. The predicted octanol–water partition coefficient (Wildman–Crippen LogP) is -0.650. The normalized spacial score (nSPS) is 16.7. The van der Waals surface area contributed by atoms with Crippen LogP contribution in [-0.2, 0) is 14.3 Å². The minimum atomic E-state index is 0.0254. The molecule has 6 nitrogen and oxygen atoms in total. The molecule has 2 amide bonds. The second-order valence-corrected chi connectivity index (χ2v) is 4.51. The molecule has 0 aromatic carbocycles. The van der Waals surface area contributed by atoms with Crippen LogP contribution in [0, 0.1) is 0 Å². The highest BCUT2D eigenvalue weighted by Gasteiger charge is 2.23. The average molecular weight is 257 g/mol. The molecule has 0 spiro atoms. The first kappa shape index (κ1) is 14.9. The van der Waals surface area contributed by atoms with Crippen LogP contribution in [-0.4, -0.2) is 63.2 Å². The molecule has 104 valence electrons. The fourth-order valence-electron chi connectivity index (χ4n) is 2.03. The zero-order valence-corrected chi connectivity index (χ0v) is 11.2. The predicted molar refractivity (Wildman–Crippen MR) is 68.2 cm³/mol. The maximum atomic E-state index is 11.6. The summed E-state index contributed by atoms with van der Waals surface area (Å²) in [4.78, 5) is 24.9. The number of nitrogens with zero attached hydrogens (tertiary/aromatic N) is 1. The van der Waals surface area contributed by atoms with Gasteiger partial charge in [0.05, 0.1) is 0 Å². The molecule has 2 N–H and O–H groups in total. The number of methoxy groups -OCH3 is 1. The van der Waals surface area contributed by atoms with E-state index in [2.05, 4.69) is 10.6 Å². The molecule has 1 heterocycles. The quantitative estimate of drug-likeness (QED) is 0.663. The molecular formula is C12H23N3O3. The number of carbonyl (C=O) groups is 2. The van der Waals surface area contributed by atoms with Gasteiger partial charge in [0.15, 0.2) is 0 Å². The Labute approximate surface area is 108 Å². The van der Waals surface area contributed by atoms with Gasteiger partial charge in [-0.05, 0) is 19.9 Å². The van der Waals surface area contributed by atoms with E-state index in [-0.39, 0.29) is 24.5 Å². The van der Waals surface area contributed by atoms with E-state index >= 15 is 0 Å². The number of rotatable bonds is 6. The molecule has 0 aliphatic carbocycles. The van der Waals surface area contributed by atoms with Crippen molar-refractivity contribution < 1.29 is 14.3 Å². The lowest BCUT2D eigenvalue weighted by molar-refractivity contribution is -0.136. The fraction of sp³-hybridized carbons (Fsp3) is 0.833. The highest BCUT2D eigenvalue weighted by Crippen LogP contribution is 2.10. The minimum absolute atomic E-state index is 0.0254. The number of carbonyl (C=O) groups excluding carboxylic acids is 2. The van der Waals surface area contributed by atoms with Gasteiger partial charge in [0, 0.05) is 39.2 Å². The zero-order valence-electron chi connectivity index (χ0n) is 11.2. The average Bonchev–Trinajstić information content (AvgIpc) is 2.37. The van der Waals surface area contributed by atoms with Gasteiger partial charge in [-0.15, -0.1) is 0 Å². The lowest BCUT2D eigenvalue weighted by Crippen LogP contribution is -2.47. The van der Waals surface area contributed by atoms with Crippen molar-refractivity contribution in [3.8, 4) is 0 Å². The van der Waals surface area contributed by atoms with Gasteiger partial charge in [-0.25, -0.2) is 0 Å². The van der Waals surface area contributed by atoms with Crippen LogP contribution in [0.5, 0.6) is 0 Å². The molecule has 6 heteroatoms. The largest absolute Gasteiger partial charge is 0.375 e. The molecule has 0 bridgehead atoms. The van der Waals surface area contributed by atoms with E-state index in [0.29, 0.717) is 26.1 Å². The Balaban J connectivity index is 2.22. The monoisotopic (exact) mass is 257 g/mol. The van der Waals surface area contributed by atoms with Crippen LogP contribution < -0.4 is 10.6 Å². The lowest BCUT2D eigenvalue weighted by Gasteiger charge is -2.32. The van der Waals surface area contributed by atoms with Gasteiger partial charge in [-0.3, -0.25) is 9.59 Å². The molecule has 0 aromatic heterocycles. The first-order chi connectivity index (χ1) is 8.67. The first-order valence-corrected chi connectivity index (χ1v) is 6.38. The Bertz CT molecular complexity index is 276. The van der Waals surface area contributed by atoms with Gasteiger partial charge in [-0.1, -0.05) is 0 Å². The highest BCUT2D eigenvalue weighted by molar-refractivity contribution is 5.78. The zero-order chi connectivity index (χ0) is 13.4. The van der Waals surface area contributed by atoms with Crippen molar-refractivity contribution in [2.45, 2.75) is 25.3 Å². The summed E-state index contributed by atoms with van der Waals surface area (Å²) in [7, 11) is 3.35. The second-order valence-electron chi connectivity index (χ2n) is 4.51. The minimum Gasteiger partial charge on any atom is -0.375 e. The summed E-state index contributed by atoms with van der Waals surface area (Å²) in [5, 5.41) is 5.94. The van der Waals surface area contributed by atoms with E-state index < -0.39 is 0 Å². The maximum Gasteiger partial charge on any atom is 0.248 e. The third-order valence-electron chi connectivity index (χ3n) is 3.08. The summed E-state index contributed by atoms with van der Waals surface area (Å²) in [6.45, 7) is 2.22. The van der Waals surface area contributed by atoms with Crippen molar-refractivity contribution in [3.63, 3.8) is 0 Å². The number of ether oxygens (including phenoxy) is 1. The number of amides is 2. The molecule has 18 heavy (non-hydrogen) atoms. The molecule has 1 fully saturated rings. The Morgan fingerprint density at radius 3 is 2.56 bits per heavy atom. The van der Waals surface area contributed by atoms with Crippen molar-refractivity contribution in [2.24, 2.45) is 0 Å². The third-order valence-corrected chi connectivity index (χ3v) is 3.08. The highest BCUT2D eigenvalue weighted by atomic mass is 16.5. The van der Waals surface area contributed by atoms with Crippen molar-refractivity contribution in [3.05, 3.63) is 0 Å². The smallest absolute Gasteiger partial charge is 0.248 e. The Kier molecular flexibility index (Phi) is 6.67. The number of hydrogen-bond donors (Lipinski definition) is 2. The molecule has 0 atom stereocenters.